The van der Waals surface area contributed by atoms with Gasteiger partial charge in [-0.25, -0.2) is 0 Å². The average molecular weight is 351 g/mol. The van der Waals surface area contributed by atoms with Crippen LogP contribution in [0.25, 0.3) is 22.0 Å². The van der Waals surface area contributed by atoms with Gasteiger partial charge >= 0.3 is 0 Å². The second-order valence-electron chi connectivity index (χ2n) is 6.20. The van der Waals surface area contributed by atoms with Gasteiger partial charge in [-0.2, -0.15) is 0 Å². The quantitative estimate of drug-likeness (QED) is 0.562. The third-order valence-corrected chi connectivity index (χ3v) is 5.03. The van der Waals surface area contributed by atoms with Crippen LogP contribution >= 0.6 is 0 Å². The van der Waals surface area contributed by atoms with Gasteiger partial charge < -0.3 is 23.7 Å². The van der Waals surface area contributed by atoms with Crippen LogP contribution < -0.4 is 23.7 Å². The maximum atomic E-state index is 5.70. The molecule has 2 aliphatic rings. The van der Waals surface area contributed by atoms with Gasteiger partial charge in [0.15, 0.2) is 23.0 Å². The first kappa shape index (κ1) is 15.1. The average Bonchev–Trinajstić information content (AvgIpc) is 3.29. The highest BCUT2D eigenvalue weighted by Gasteiger charge is 2.31. The van der Waals surface area contributed by atoms with Gasteiger partial charge in [0.1, 0.15) is 0 Å². The summed E-state index contributed by atoms with van der Waals surface area (Å²) >= 11 is 0. The Hall–Kier alpha value is -3.15. The fourth-order valence-corrected chi connectivity index (χ4v) is 3.90. The number of pyridine rings is 1. The molecule has 1 aromatic heterocycles. The molecule has 6 nitrogen and oxygen atoms in total. The van der Waals surface area contributed by atoms with Gasteiger partial charge in [0.05, 0.1) is 32.6 Å². The lowest BCUT2D eigenvalue weighted by molar-refractivity contribution is 0.174. The van der Waals surface area contributed by atoms with Gasteiger partial charge in [0.25, 0.3) is 0 Å². The van der Waals surface area contributed by atoms with Crippen LogP contribution in [0.5, 0.6) is 28.7 Å². The predicted octanol–water partition coefficient (Wildman–Crippen LogP) is 3.56. The fraction of sp³-hybridized carbons (Fsp3) is 0.250. The van der Waals surface area contributed by atoms with E-state index in [0.717, 1.165) is 45.5 Å². The smallest absolute Gasteiger partial charge is 0.231 e. The van der Waals surface area contributed by atoms with Crippen LogP contribution in [0, 0.1) is 0 Å². The van der Waals surface area contributed by atoms with Crippen LogP contribution in [-0.4, -0.2) is 33.1 Å². The summed E-state index contributed by atoms with van der Waals surface area (Å²) in [6, 6.07) is 6.02. The van der Waals surface area contributed by atoms with Crippen molar-refractivity contribution in [1.29, 1.82) is 0 Å². The monoisotopic (exact) mass is 351 g/mol. The molecule has 1 aliphatic carbocycles. The largest absolute Gasteiger partial charge is 0.493 e. The topological polar surface area (TPSA) is 59.0 Å². The van der Waals surface area contributed by atoms with E-state index in [9.17, 15) is 0 Å². The molecular formula is C20H17NO5. The number of hydrogen-bond acceptors (Lipinski definition) is 6. The van der Waals surface area contributed by atoms with Crippen LogP contribution in [0.1, 0.15) is 11.1 Å². The first-order valence-electron chi connectivity index (χ1n) is 8.29. The van der Waals surface area contributed by atoms with Crippen LogP contribution in [0.15, 0.2) is 24.4 Å². The summed E-state index contributed by atoms with van der Waals surface area (Å²) < 4.78 is 27.9. The Balaban J connectivity index is 1.82. The molecular weight excluding hydrogens is 334 g/mol. The lowest BCUT2D eigenvalue weighted by Gasteiger charge is -2.16. The Morgan fingerprint density at radius 1 is 0.962 bits per heavy atom. The Bertz CT molecular complexity index is 1060. The molecule has 0 amide bonds. The van der Waals surface area contributed by atoms with E-state index in [1.165, 1.54) is 5.56 Å². The third kappa shape index (κ3) is 1.84. The van der Waals surface area contributed by atoms with Crippen molar-refractivity contribution in [2.45, 2.75) is 6.42 Å². The Morgan fingerprint density at radius 3 is 2.58 bits per heavy atom. The number of methoxy groups -OCH3 is 3. The molecule has 2 heterocycles. The lowest BCUT2D eigenvalue weighted by Crippen LogP contribution is -1.98. The second-order valence-corrected chi connectivity index (χ2v) is 6.20. The molecule has 0 atom stereocenters. The maximum Gasteiger partial charge on any atom is 0.231 e. The molecule has 0 saturated heterocycles. The van der Waals surface area contributed by atoms with Gasteiger partial charge in [0, 0.05) is 18.0 Å². The van der Waals surface area contributed by atoms with Crippen LogP contribution in [0.2, 0.25) is 0 Å². The molecule has 2 aromatic carbocycles. The van der Waals surface area contributed by atoms with E-state index in [1.54, 1.807) is 21.3 Å². The van der Waals surface area contributed by atoms with Crippen molar-refractivity contribution in [2.24, 2.45) is 0 Å². The summed E-state index contributed by atoms with van der Waals surface area (Å²) in [7, 11) is 4.84. The first-order chi connectivity index (χ1) is 12.8. The Morgan fingerprint density at radius 2 is 1.81 bits per heavy atom. The molecule has 0 saturated carbocycles. The summed E-state index contributed by atoms with van der Waals surface area (Å²) in [5.74, 6) is 3.37. The maximum absolute atomic E-state index is 5.70. The summed E-state index contributed by atoms with van der Waals surface area (Å²) in [5, 5.41) is 1.93. The van der Waals surface area contributed by atoms with E-state index in [2.05, 4.69) is 6.07 Å². The van der Waals surface area contributed by atoms with Gasteiger partial charge in [0.2, 0.25) is 12.5 Å². The van der Waals surface area contributed by atoms with E-state index in [-0.39, 0.29) is 6.79 Å². The highest BCUT2D eigenvalue weighted by Crippen LogP contribution is 2.52. The molecule has 1 aliphatic heterocycles. The molecule has 0 bridgehead atoms. The van der Waals surface area contributed by atoms with Crippen molar-refractivity contribution in [3.63, 3.8) is 0 Å². The molecule has 0 N–H and O–H groups in total. The number of hydrogen-bond donors (Lipinski definition) is 0. The minimum atomic E-state index is 0.244. The van der Waals surface area contributed by atoms with Crippen LogP contribution in [0.3, 0.4) is 0 Å². The van der Waals surface area contributed by atoms with Gasteiger partial charge in [-0.1, -0.05) is 6.07 Å². The number of ether oxygens (including phenoxy) is 5. The van der Waals surface area contributed by atoms with Crippen molar-refractivity contribution in [3.8, 4) is 40.0 Å². The summed E-state index contributed by atoms with van der Waals surface area (Å²) in [6.45, 7) is 0.244. The SMILES string of the molecule is COc1cc2c3c(ncc2c(OC)c1OC)-c1c(ccc2c1OCO2)C3. The third-order valence-electron chi connectivity index (χ3n) is 5.03. The van der Waals surface area contributed by atoms with Crippen LogP contribution in [-0.2, 0) is 6.42 Å². The van der Waals surface area contributed by atoms with Crippen molar-refractivity contribution in [2.75, 3.05) is 28.1 Å². The molecule has 3 aromatic rings. The van der Waals surface area contributed by atoms with Crippen molar-refractivity contribution in [1.82, 2.24) is 4.98 Å². The number of benzene rings is 2. The highest BCUT2D eigenvalue weighted by molar-refractivity contribution is 6.00. The van der Waals surface area contributed by atoms with Crippen molar-refractivity contribution in [3.05, 3.63) is 35.5 Å². The summed E-state index contributed by atoms with van der Waals surface area (Å²) in [6.07, 6.45) is 2.59. The summed E-state index contributed by atoms with van der Waals surface area (Å²) in [5.41, 5.74) is 4.24. The molecule has 6 heteroatoms. The van der Waals surface area contributed by atoms with Gasteiger partial charge in [-0.15, -0.1) is 0 Å². The van der Waals surface area contributed by atoms with E-state index in [4.69, 9.17) is 28.7 Å². The molecule has 0 fully saturated rings. The lowest BCUT2D eigenvalue weighted by atomic mass is 10.0. The second kappa shape index (κ2) is 5.42. The summed E-state index contributed by atoms with van der Waals surface area (Å²) in [4.78, 5) is 4.73. The molecule has 0 spiro atoms. The molecule has 132 valence electrons. The number of rotatable bonds is 3. The molecule has 0 unspecified atom stereocenters. The minimum absolute atomic E-state index is 0.244. The van der Waals surface area contributed by atoms with E-state index in [0.29, 0.717) is 17.2 Å². The zero-order valence-corrected chi connectivity index (χ0v) is 14.7. The predicted molar refractivity (Wildman–Crippen MR) is 95.8 cm³/mol. The molecule has 26 heavy (non-hydrogen) atoms. The highest BCUT2D eigenvalue weighted by atomic mass is 16.7. The fourth-order valence-electron chi connectivity index (χ4n) is 3.90. The van der Waals surface area contributed by atoms with Crippen molar-refractivity contribution < 1.29 is 23.7 Å². The van der Waals surface area contributed by atoms with Gasteiger partial charge in [-0.05, 0) is 28.6 Å². The molecule has 0 radical (unpaired) electrons. The Kier molecular flexibility index (Phi) is 3.16. The number of fused-ring (bicyclic) bond motifs is 7. The van der Waals surface area contributed by atoms with E-state index in [1.807, 2.05) is 18.3 Å². The van der Waals surface area contributed by atoms with Crippen LogP contribution in [0.4, 0.5) is 0 Å². The standard InChI is InChI=1S/C20H17NO5/c1-22-15-7-11-12-6-10-4-5-14-19(26-9-25-14)16(10)17(12)21-8-13(11)18(23-2)20(15)24-3/h4-5,7-8H,6,9H2,1-3H3. The number of aromatic nitrogens is 1. The minimum Gasteiger partial charge on any atom is -0.493 e. The zero-order chi connectivity index (χ0) is 17.8. The first-order valence-corrected chi connectivity index (χ1v) is 8.29. The zero-order valence-electron chi connectivity index (χ0n) is 14.7. The number of nitrogens with zero attached hydrogens (tertiary/aromatic N) is 1. The molecule has 5 rings (SSSR count). The van der Waals surface area contributed by atoms with Crippen molar-refractivity contribution >= 4 is 10.8 Å². The van der Waals surface area contributed by atoms with E-state index < -0.39 is 0 Å². The van der Waals surface area contributed by atoms with Gasteiger partial charge in [-0.3, -0.25) is 4.98 Å². The normalized spacial score (nSPS) is 13.5. The Labute approximate surface area is 150 Å². The van der Waals surface area contributed by atoms with E-state index >= 15 is 0 Å².